The van der Waals surface area contributed by atoms with E-state index < -0.39 is 6.10 Å². The minimum atomic E-state index is -0.600. The molecule has 0 saturated carbocycles. The zero-order valence-corrected chi connectivity index (χ0v) is 20.1. The summed E-state index contributed by atoms with van der Waals surface area (Å²) in [4.78, 5) is 21.8. The van der Waals surface area contributed by atoms with Crippen LogP contribution in [0, 0.1) is 0 Å². The molecule has 0 radical (unpaired) electrons. The largest absolute Gasteiger partial charge is 0.495 e. The molecule has 7 heteroatoms. The molecule has 7 nitrogen and oxygen atoms in total. The molecule has 0 bridgehead atoms. The highest BCUT2D eigenvalue weighted by molar-refractivity contribution is 5.87. The summed E-state index contributed by atoms with van der Waals surface area (Å²) < 4.78 is 10.8. The van der Waals surface area contributed by atoms with Gasteiger partial charge in [0.25, 0.3) is 0 Å². The molecule has 1 aliphatic heterocycles. The number of ether oxygens (including phenoxy) is 2. The second-order valence-electron chi connectivity index (χ2n) is 8.78. The van der Waals surface area contributed by atoms with Crippen molar-refractivity contribution in [2.24, 2.45) is 0 Å². The lowest BCUT2D eigenvalue weighted by molar-refractivity contribution is -0.133. The van der Waals surface area contributed by atoms with Crippen LogP contribution in [-0.4, -0.2) is 78.3 Å². The monoisotopic (exact) mass is 475 g/mol. The number of carbonyl (C=O) groups is 1. The third kappa shape index (κ3) is 6.88. The summed E-state index contributed by atoms with van der Waals surface area (Å²) in [7, 11) is 1.60. The van der Waals surface area contributed by atoms with Gasteiger partial charge in [-0.1, -0.05) is 60.7 Å². The number of pyridine rings is 1. The van der Waals surface area contributed by atoms with E-state index in [9.17, 15) is 9.90 Å². The highest BCUT2D eigenvalue weighted by Gasteiger charge is 2.30. The first-order valence-corrected chi connectivity index (χ1v) is 12.0. The van der Waals surface area contributed by atoms with Crippen molar-refractivity contribution in [1.29, 1.82) is 0 Å². The van der Waals surface area contributed by atoms with Crippen LogP contribution >= 0.6 is 0 Å². The van der Waals surface area contributed by atoms with Crippen LogP contribution in [-0.2, 0) is 16.1 Å². The first-order valence-electron chi connectivity index (χ1n) is 12.0. The first kappa shape index (κ1) is 24.9. The molecule has 35 heavy (non-hydrogen) atoms. The Morgan fingerprint density at radius 2 is 1.60 bits per heavy atom. The van der Waals surface area contributed by atoms with Crippen molar-refractivity contribution < 1.29 is 19.4 Å². The minimum Gasteiger partial charge on any atom is -0.495 e. The fourth-order valence-corrected chi connectivity index (χ4v) is 4.42. The van der Waals surface area contributed by atoms with Gasteiger partial charge in [0, 0.05) is 38.9 Å². The summed E-state index contributed by atoms with van der Waals surface area (Å²) in [5, 5.41) is 10.5. The average Bonchev–Trinajstić information content (AvgIpc) is 2.90. The normalized spacial score (nSPS) is 15.2. The fraction of sp³-hybridized carbons (Fsp3) is 0.357. The van der Waals surface area contributed by atoms with Gasteiger partial charge in [-0.15, -0.1) is 0 Å². The van der Waals surface area contributed by atoms with E-state index in [0.29, 0.717) is 32.0 Å². The average molecular weight is 476 g/mol. The van der Waals surface area contributed by atoms with Gasteiger partial charge in [0.2, 0.25) is 5.91 Å². The molecule has 2 heterocycles. The zero-order valence-electron chi connectivity index (χ0n) is 20.1. The Morgan fingerprint density at radius 3 is 2.20 bits per heavy atom. The summed E-state index contributed by atoms with van der Waals surface area (Å²) in [5.74, 6) is 0.493. The summed E-state index contributed by atoms with van der Waals surface area (Å²) in [6, 6.07) is 21.8. The van der Waals surface area contributed by atoms with Crippen LogP contribution in [0.15, 0.2) is 79.1 Å². The minimum absolute atomic E-state index is 0.123. The molecule has 184 valence electrons. The molecule has 3 aromatic rings. The van der Waals surface area contributed by atoms with E-state index >= 15 is 0 Å². The Kier molecular flexibility index (Phi) is 8.84. The number of methoxy groups -OCH3 is 1. The van der Waals surface area contributed by atoms with Crippen LogP contribution < -0.4 is 4.74 Å². The molecule has 1 atom stereocenters. The Bertz CT molecular complexity index is 1020. The van der Waals surface area contributed by atoms with Crippen molar-refractivity contribution in [3.63, 3.8) is 0 Å². The van der Waals surface area contributed by atoms with Crippen LogP contribution in [0.3, 0.4) is 0 Å². The number of hydrogen-bond acceptors (Lipinski definition) is 6. The maximum Gasteiger partial charge on any atom is 0.234 e. The lowest BCUT2D eigenvalue weighted by Crippen LogP contribution is -2.51. The smallest absolute Gasteiger partial charge is 0.234 e. The van der Waals surface area contributed by atoms with Crippen LogP contribution in [0.1, 0.15) is 22.6 Å². The van der Waals surface area contributed by atoms with E-state index in [1.54, 1.807) is 19.5 Å². The number of hydrogen-bond donors (Lipinski definition) is 1. The second kappa shape index (κ2) is 12.4. The first-order chi connectivity index (χ1) is 17.1. The molecule has 1 unspecified atom stereocenters. The van der Waals surface area contributed by atoms with Gasteiger partial charge in [-0.3, -0.25) is 14.7 Å². The molecule has 1 aromatic heterocycles. The molecule has 1 N–H and O–H groups in total. The second-order valence-corrected chi connectivity index (χ2v) is 8.78. The number of aliphatic hydroxyl groups is 1. The van der Waals surface area contributed by atoms with Gasteiger partial charge in [0.05, 0.1) is 38.5 Å². The maximum absolute atomic E-state index is 13.6. The van der Waals surface area contributed by atoms with Gasteiger partial charge in [-0.2, -0.15) is 0 Å². The van der Waals surface area contributed by atoms with Crippen LogP contribution in [0.2, 0.25) is 0 Å². The number of β-amino-alcohol motifs (C(OH)–C–C–N with tert-alkyl or cyclic N) is 1. The molecule has 1 saturated heterocycles. The van der Waals surface area contributed by atoms with Crippen LogP contribution in [0.4, 0.5) is 0 Å². The van der Waals surface area contributed by atoms with Crippen molar-refractivity contribution >= 4 is 5.91 Å². The highest BCUT2D eigenvalue weighted by Crippen LogP contribution is 2.27. The Hall–Kier alpha value is -3.26. The molecular weight excluding hydrogens is 442 g/mol. The van der Waals surface area contributed by atoms with Gasteiger partial charge in [-0.25, -0.2) is 0 Å². The molecule has 0 aliphatic carbocycles. The number of aromatic nitrogens is 1. The summed E-state index contributed by atoms with van der Waals surface area (Å²) in [6.45, 7) is 3.83. The van der Waals surface area contributed by atoms with E-state index in [0.717, 1.165) is 29.8 Å². The lowest BCUT2D eigenvalue weighted by atomic mass is 9.90. The summed E-state index contributed by atoms with van der Waals surface area (Å²) in [5.41, 5.74) is 2.91. The molecular formula is C28H33N3O4. The molecule has 1 aliphatic rings. The topological polar surface area (TPSA) is 75.1 Å². The molecule has 1 amide bonds. The molecule has 4 rings (SSSR count). The molecule has 0 spiro atoms. The van der Waals surface area contributed by atoms with Gasteiger partial charge in [0.1, 0.15) is 5.75 Å². The highest BCUT2D eigenvalue weighted by atomic mass is 16.5. The Balaban J connectivity index is 1.27. The third-order valence-corrected chi connectivity index (χ3v) is 6.25. The number of amides is 1. The Labute approximate surface area is 206 Å². The molecule has 1 fully saturated rings. The van der Waals surface area contributed by atoms with Crippen LogP contribution in [0.5, 0.6) is 5.75 Å². The lowest BCUT2D eigenvalue weighted by Gasteiger charge is -2.37. The standard InChI is InChI=1S/C28H33N3O4/c1-34-26-16-22(17-29-18-26)20-35-21-25(32)19-30-12-14-31(15-13-30)28(33)27(23-8-4-2-5-9-23)24-10-6-3-7-11-24/h2-11,16-18,25,27,32H,12-15,19-21H2,1H3. The number of aliphatic hydroxyl groups excluding tert-OH is 1. The summed E-state index contributed by atoms with van der Waals surface area (Å²) in [6.07, 6.45) is 2.77. The maximum atomic E-state index is 13.6. The SMILES string of the molecule is COc1cncc(COCC(O)CN2CCN(C(=O)C(c3ccccc3)c3ccccc3)CC2)c1. The van der Waals surface area contributed by atoms with Gasteiger partial charge < -0.3 is 19.5 Å². The van der Waals surface area contributed by atoms with Crippen molar-refractivity contribution in [2.45, 2.75) is 18.6 Å². The summed E-state index contributed by atoms with van der Waals surface area (Å²) >= 11 is 0. The number of nitrogens with zero attached hydrogens (tertiary/aromatic N) is 3. The van der Waals surface area contributed by atoms with Crippen molar-refractivity contribution in [1.82, 2.24) is 14.8 Å². The number of benzene rings is 2. The van der Waals surface area contributed by atoms with Crippen molar-refractivity contribution in [3.8, 4) is 5.75 Å². The zero-order chi connectivity index (χ0) is 24.5. The van der Waals surface area contributed by atoms with E-state index in [4.69, 9.17) is 9.47 Å². The predicted molar refractivity (Wildman–Crippen MR) is 134 cm³/mol. The number of rotatable bonds is 10. The van der Waals surface area contributed by atoms with E-state index in [2.05, 4.69) is 9.88 Å². The van der Waals surface area contributed by atoms with Crippen LogP contribution in [0.25, 0.3) is 0 Å². The number of piperazine rings is 1. The van der Waals surface area contributed by atoms with E-state index in [1.165, 1.54) is 0 Å². The van der Waals surface area contributed by atoms with Crippen molar-refractivity contribution in [2.75, 3.05) is 46.4 Å². The van der Waals surface area contributed by atoms with Gasteiger partial charge in [0.15, 0.2) is 0 Å². The van der Waals surface area contributed by atoms with Gasteiger partial charge >= 0.3 is 0 Å². The van der Waals surface area contributed by atoms with E-state index in [-0.39, 0.29) is 18.4 Å². The third-order valence-electron chi connectivity index (χ3n) is 6.25. The van der Waals surface area contributed by atoms with Crippen molar-refractivity contribution in [3.05, 3.63) is 95.8 Å². The Morgan fingerprint density at radius 1 is 0.971 bits per heavy atom. The van der Waals surface area contributed by atoms with E-state index in [1.807, 2.05) is 71.6 Å². The quantitative estimate of drug-likeness (QED) is 0.486. The predicted octanol–water partition coefficient (Wildman–Crippen LogP) is 2.94. The number of carbonyl (C=O) groups excluding carboxylic acids is 1. The van der Waals surface area contributed by atoms with Gasteiger partial charge in [-0.05, 0) is 22.8 Å². The molecule has 2 aromatic carbocycles. The fourth-order valence-electron chi connectivity index (χ4n) is 4.42.